The SMILES string of the molecule is CCC(C)C(NC(=O)C(NC(=O)C(NC(=O)C(C)N)C(C)C)C(C)O)C(=O)O. The molecule has 0 aromatic heterocycles. The highest BCUT2D eigenvalue weighted by atomic mass is 16.4. The van der Waals surface area contributed by atoms with Crippen molar-refractivity contribution in [2.24, 2.45) is 17.6 Å². The Balaban J connectivity index is 5.35. The first-order valence-corrected chi connectivity index (χ1v) is 9.40. The average Bonchev–Trinajstić information content (AvgIpc) is 2.59. The summed E-state index contributed by atoms with van der Waals surface area (Å²) in [5, 5.41) is 26.5. The van der Waals surface area contributed by atoms with Gasteiger partial charge >= 0.3 is 5.97 Å². The van der Waals surface area contributed by atoms with E-state index < -0.39 is 54.0 Å². The lowest BCUT2D eigenvalue weighted by molar-refractivity contribution is -0.144. The molecule has 6 atom stereocenters. The van der Waals surface area contributed by atoms with E-state index in [9.17, 15) is 29.4 Å². The summed E-state index contributed by atoms with van der Waals surface area (Å²) in [5.41, 5.74) is 5.50. The second-order valence-electron chi connectivity index (χ2n) is 7.46. The molecule has 162 valence electrons. The predicted octanol–water partition coefficient (Wildman–Crippen LogP) is -1.04. The summed E-state index contributed by atoms with van der Waals surface area (Å²) in [7, 11) is 0. The topological polar surface area (TPSA) is 171 Å². The van der Waals surface area contributed by atoms with Gasteiger partial charge in [-0.2, -0.15) is 0 Å². The maximum atomic E-state index is 12.6. The van der Waals surface area contributed by atoms with Crippen LogP contribution in [-0.4, -0.2) is 64.2 Å². The van der Waals surface area contributed by atoms with Crippen LogP contribution in [0.1, 0.15) is 48.0 Å². The molecular weight excluding hydrogens is 368 g/mol. The molecule has 10 heteroatoms. The molecule has 0 spiro atoms. The molecule has 6 unspecified atom stereocenters. The molecule has 0 aliphatic carbocycles. The average molecular weight is 402 g/mol. The van der Waals surface area contributed by atoms with Crippen molar-refractivity contribution in [3.8, 4) is 0 Å². The normalized spacial score (nSPS) is 17.6. The number of carboxylic acids is 1. The van der Waals surface area contributed by atoms with Crippen LogP contribution in [0.4, 0.5) is 0 Å². The Morgan fingerprint density at radius 3 is 1.61 bits per heavy atom. The van der Waals surface area contributed by atoms with Gasteiger partial charge in [0, 0.05) is 0 Å². The summed E-state index contributed by atoms with van der Waals surface area (Å²) in [5.74, 6) is -3.90. The third-order valence-corrected chi connectivity index (χ3v) is 4.50. The van der Waals surface area contributed by atoms with Gasteiger partial charge in [-0.05, 0) is 25.7 Å². The number of hydrogen-bond acceptors (Lipinski definition) is 6. The van der Waals surface area contributed by atoms with Crippen molar-refractivity contribution in [1.82, 2.24) is 16.0 Å². The Morgan fingerprint density at radius 2 is 1.25 bits per heavy atom. The zero-order valence-electron chi connectivity index (χ0n) is 17.4. The number of aliphatic hydroxyl groups is 1. The second-order valence-corrected chi connectivity index (χ2v) is 7.46. The van der Waals surface area contributed by atoms with Crippen LogP contribution < -0.4 is 21.7 Å². The Kier molecular flexibility index (Phi) is 10.7. The van der Waals surface area contributed by atoms with E-state index in [0.717, 1.165) is 0 Å². The first-order valence-electron chi connectivity index (χ1n) is 9.40. The van der Waals surface area contributed by atoms with E-state index >= 15 is 0 Å². The van der Waals surface area contributed by atoms with Crippen molar-refractivity contribution in [1.29, 1.82) is 0 Å². The largest absolute Gasteiger partial charge is 0.480 e. The minimum atomic E-state index is -1.38. The quantitative estimate of drug-likeness (QED) is 0.256. The van der Waals surface area contributed by atoms with Gasteiger partial charge in [0.25, 0.3) is 0 Å². The highest BCUT2D eigenvalue weighted by Gasteiger charge is 2.34. The highest BCUT2D eigenvalue weighted by Crippen LogP contribution is 2.09. The molecule has 10 nitrogen and oxygen atoms in total. The summed E-state index contributed by atoms with van der Waals surface area (Å²) in [6, 6.07) is -4.34. The van der Waals surface area contributed by atoms with Crippen molar-refractivity contribution in [2.45, 2.75) is 78.2 Å². The molecule has 3 amide bonds. The number of carboxylic acid groups (broad SMARTS) is 1. The van der Waals surface area contributed by atoms with E-state index in [-0.39, 0.29) is 11.8 Å². The van der Waals surface area contributed by atoms with Crippen LogP contribution in [-0.2, 0) is 19.2 Å². The lowest BCUT2D eigenvalue weighted by Gasteiger charge is -2.28. The fraction of sp³-hybridized carbons (Fsp3) is 0.778. The number of carbonyl (C=O) groups is 4. The first-order chi connectivity index (χ1) is 12.8. The van der Waals surface area contributed by atoms with Gasteiger partial charge in [-0.1, -0.05) is 34.1 Å². The molecule has 0 heterocycles. The number of hydrogen-bond donors (Lipinski definition) is 6. The fourth-order valence-electron chi connectivity index (χ4n) is 2.39. The maximum absolute atomic E-state index is 12.6. The standard InChI is InChI=1S/C18H34N4O6/c1-7-9(4)13(18(27)28)21-17(26)14(11(6)23)22-16(25)12(8(2)3)20-15(24)10(5)19/h8-14,23H,7,19H2,1-6H3,(H,20,24)(H,21,26)(H,22,25)(H,27,28). The molecule has 0 aliphatic heterocycles. The number of nitrogens with one attached hydrogen (secondary N) is 3. The van der Waals surface area contributed by atoms with Crippen molar-refractivity contribution < 1.29 is 29.4 Å². The number of carbonyl (C=O) groups excluding carboxylic acids is 3. The zero-order chi connectivity index (χ0) is 22.2. The molecule has 0 aromatic carbocycles. The zero-order valence-corrected chi connectivity index (χ0v) is 17.4. The van der Waals surface area contributed by atoms with Crippen LogP contribution in [0.5, 0.6) is 0 Å². The number of aliphatic hydroxyl groups excluding tert-OH is 1. The van der Waals surface area contributed by atoms with Gasteiger partial charge in [0.15, 0.2) is 0 Å². The van der Waals surface area contributed by atoms with Gasteiger partial charge in [0.2, 0.25) is 17.7 Å². The monoisotopic (exact) mass is 402 g/mol. The van der Waals surface area contributed by atoms with Crippen LogP contribution in [0, 0.1) is 11.8 Å². The smallest absolute Gasteiger partial charge is 0.326 e. The number of amides is 3. The van der Waals surface area contributed by atoms with Crippen LogP contribution >= 0.6 is 0 Å². The lowest BCUT2D eigenvalue weighted by atomic mass is 9.98. The molecule has 28 heavy (non-hydrogen) atoms. The summed E-state index contributed by atoms with van der Waals surface area (Å²) >= 11 is 0. The second kappa shape index (κ2) is 11.6. The number of aliphatic carboxylic acids is 1. The van der Waals surface area contributed by atoms with Crippen LogP contribution in [0.3, 0.4) is 0 Å². The maximum Gasteiger partial charge on any atom is 0.326 e. The van der Waals surface area contributed by atoms with Crippen LogP contribution in [0.15, 0.2) is 0 Å². The van der Waals surface area contributed by atoms with Gasteiger partial charge in [0.1, 0.15) is 18.1 Å². The molecule has 0 saturated carbocycles. The van der Waals surface area contributed by atoms with Crippen LogP contribution in [0.25, 0.3) is 0 Å². The van der Waals surface area contributed by atoms with Crippen molar-refractivity contribution in [3.05, 3.63) is 0 Å². The molecule has 0 aliphatic rings. The van der Waals surface area contributed by atoms with Crippen molar-refractivity contribution >= 4 is 23.7 Å². The molecule has 0 rings (SSSR count). The van der Waals surface area contributed by atoms with E-state index in [4.69, 9.17) is 5.73 Å². The third kappa shape index (κ3) is 7.81. The van der Waals surface area contributed by atoms with Crippen molar-refractivity contribution in [3.63, 3.8) is 0 Å². The summed E-state index contributed by atoms with van der Waals surface area (Å²) in [4.78, 5) is 48.4. The van der Waals surface area contributed by atoms with Gasteiger partial charge < -0.3 is 31.9 Å². The van der Waals surface area contributed by atoms with Gasteiger partial charge in [0.05, 0.1) is 12.1 Å². The fourth-order valence-corrected chi connectivity index (χ4v) is 2.39. The van der Waals surface area contributed by atoms with E-state index in [2.05, 4.69) is 16.0 Å². The van der Waals surface area contributed by atoms with E-state index in [1.807, 2.05) is 0 Å². The highest BCUT2D eigenvalue weighted by molar-refractivity contribution is 5.94. The predicted molar refractivity (Wildman–Crippen MR) is 103 cm³/mol. The van der Waals surface area contributed by atoms with E-state index in [0.29, 0.717) is 6.42 Å². The summed E-state index contributed by atoms with van der Waals surface area (Å²) in [6.07, 6.45) is -0.769. The van der Waals surface area contributed by atoms with E-state index in [1.54, 1.807) is 27.7 Å². The summed E-state index contributed by atoms with van der Waals surface area (Å²) in [6.45, 7) is 9.63. The molecular formula is C18H34N4O6. The van der Waals surface area contributed by atoms with Crippen molar-refractivity contribution in [2.75, 3.05) is 0 Å². The lowest BCUT2D eigenvalue weighted by Crippen LogP contribution is -2.61. The molecule has 7 N–H and O–H groups in total. The van der Waals surface area contributed by atoms with Gasteiger partial charge in [-0.15, -0.1) is 0 Å². The number of nitrogens with two attached hydrogens (primary N) is 1. The van der Waals surface area contributed by atoms with Gasteiger partial charge in [-0.3, -0.25) is 14.4 Å². The Morgan fingerprint density at radius 1 is 0.821 bits per heavy atom. The molecule has 0 radical (unpaired) electrons. The molecule has 0 bridgehead atoms. The minimum Gasteiger partial charge on any atom is -0.480 e. The number of rotatable bonds is 11. The molecule has 0 fully saturated rings. The minimum absolute atomic E-state index is 0.313. The third-order valence-electron chi connectivity index (χ3n) is 4.50. The van der Waals surface area contributed by atoms with Gasteiger partial charge in [-0.25, -0.2) is 4.79 Å². The Hall–Kier alpha value is -2.20. The van der Waals surface area contributed by atoms with E-state index in [1.165, 1.54) is 13.8 Å². The van der Waals surface area contributed by atoms with Crippen LogP contribution in [0.2, 0.25) is 0 Å². The molecule has 0 aromatic rings. The Bertz CT molecular complexity index is 564. The Labute approximate surface area is 165 Å². The summed E-state index contributed by atoms with van der Waals surface area (Å²) < 4.78 is 0. The first kappa shape index (κ1) is 25.8. The molecule has 0 saturated heterocycles.